The predicted octanol–water partition coefficient (Wildman–Crippen LogP) is 0.689. The van der Waals surface area contributed by atoms with Crippen molar-refractivity contribution in [3.05, 3.63) is 0 Å². The van der Waals surface area contributed by atoms with Gasteiger partial charge in [-0.1, -0.05) is 6.92 Å². The minimum absolute atomic E-state index is 0.151. The molecule has 3 heteroatoms. The fourth-order valence-electron chi connectivity index (χ4n) is 0.312. The predicted molar refractivity (Wildman–Crippen MR) is 39.7 cm³/mol. The Bertz CT molecular complexity index is 93.1. The third-order valence-corrected chi connectivity index (χ3v) is 2.12. The molecular formula is C6H12O2S. The van der Waals surface area contributed by atoms with E-state index < -0.39 is 0 Å². The van der Waals surface area contributed by atoms with Crippen LogP contribution in [0.1, 0.15) is 13.8 Å². The number of Topliss-reactive ketones (excluding diaryl/α,β-unsaturated/α-hetero) is 1. The molecule has 0 aliphatic rings. The maximum Gasteiger partial charge on any atom is 0.139 e. The van der Waals surface area contributed by atoms with Gasteiger partial charge in [-0.2, -0.15) is 0 Å². The Kier molecular flexibility index (Phi) is 4.81. The summed E-state index contributed by atoms with van der Waals surface area (Å²) in [7, 11) is 0. The van der Waals surface area contributed by atoms with E-state index in [1.54, 1.807) is 6.92 Å². The number of carbonyl (C=O) groups is 1. The van der Waals surface area contributed by atoms with E-state index >= 15 is 0 Å². The maximum absolute atomic E-state index is 10.4. The average Bonchev–Trinajstić information content (AvgIpc) is 1.83. The zero-order valence-electron chi connectivity index (χ0n) is 5.76. The first kappa shape index (κ1) is 8.98. The molecule has 0 spiro atoms. The first-order chi connectivity index (χ1) is 4.16. The van der Waals surface area contributed by atoms with E-state index in [9.17, 15) is 4.79 Å². The van der Waals surface area contributed by atoms with Gasteiger partial charge in [-0.25, -0.2) is 0 Å². The average molecular weight is 148 g/mol. The number of ketones is 1. The van der Waals surface area contributed by atoms with Gasteiger partial charge in [0.25, 0.3) is 0 Å². The van der Waals surface area contributed by atoms with E-state index in [-0.39, 0.29) is 17.6 Å². The number of thioether (sulfide) groups is 1. The summed E-state index contributed by atoms with van der Waals surface area (Å²) in [6.45, 7) is 3.60. The summed E-state index contributed by atoms with van der Waals surface area (Å²) in [5, 5.41) is 8.70. The first-order valence-corrected chi connectivity index (χ1v) is 3.93. The molecule has 0 radical (unpaired) electrons. The Morgan fingerprint density at radius 1 is 1.78 bits per heavy atom. The van der Waals surface area contributed by atoms with Crippen LogP contribution in [0.5, 0.6) is 0 Å². The van der Waals surface area contributed by atoms with Gasteiger partial charge in [0.2, 0.25) is 0 Å². The Balaban J connectivity index is 3.16. The van der Waals surface area contributed by atoms with Gasteiger partial charge >= 0.3 is 0 Å². The molecule has 0 aliphatic heterocycles. The molecule has 0 heterocycles. The highest BCUT2D eigenvalue weighted by Gasteiger charge is 2.00. The van der Waals surface area contributed by atoms with Crippen LogP contribution in [0.3, 0.4) is 0 Å². The van der Waals surface area contributed by atoms with Crippen molar-refractivity contribution in [3.8, 4) is 0 Å². The van der Waals surface area contributed by atoms with Crippen molar-refractivity contribution in [3.63, 3.8) is 0 Å². The van der Waals surface area contributed by atoms with E-state index in [1.165, 1.54) is 11.8 Å². The Morgan fingerprint density at radius 2 is 2.33 bits per heavy atom. The lowest BCUT2D eigenvalue weighted by atomic mass is 10.5. The number of rotatable bonds is 4. The van der Waals surface area contributed by atoms with Crippen molar-refractivity contribution in [2.24, 2.45) is 0 Å². The molecule has 1 atom stereocenters. The Morgan fingerprint density at radius 3 is 2.67 bits per heavy atom. The Hall–Kier alpha value is -0.0200. The monoisotopic (exact) mass is 148 g/mol. The minimum Gasteiger partial charge on any atom is -0.395 e. The van der Waals surface area contributed by atoms with Crippen molar-refractivity contribution in [1.29, 1.82) is 0 Å². The van der Waals surface area contributed by atoms with E-state index in [4.69, 9.17) is 5.11 Å². The van der Waals surface area contributed by atoms with Crippen molar-refractivity contribution in [2.75, 3.05) is 12.4 Å². The fourth-order valence-corrected chi connectivity index (χ4v) is 0.937. The molecule has 0 aromatic heterocycles. The zero-order chi connectivity index (χ0) is 7.28. The highest BCUT2D eigenvalue weighted by atomic mass is 32.2. The summed E-state index contributed by atoms with van der Waals surface area (Å²) >= 11 is 1.48. The van der Waals surface area contributed by atoms with Crippen LogP contribution in [0.2, 0.25) is 0 Å². The summed E-state index contributed by atoms with van der Waals surface area (Å²) in [5.41, 5.74) is 0. The largest absolute Gasteiger partial charge is 0.395 e. The van der Waals surface area contributed by atoms with Gasteiger partial charge in [-0.15, -0.1) is 11.8 Å². The topological polar surface area (TPSA) is 37.3 Å². The molecule has 0 aliphatic carbocycles. The van der Waals surface area contributed by atoms with E-state index in [0.717, 1.165) is 0 Å². The number of hydrogen-bond donors (Lipinski definition) is 1. The van der Waals surface area contributed by atoms with Crippen LogP contribution in [0.25, 0.3) is 0 Å². The standard InChI is InChI=1S/C6H12O2S/c1-5(8)4-9-6(2)3-7/h6-7H,3-4H2,1-2H3. The van der Waals surface area contributed by atoms with Crippen molar-refractivity contribution in [2.45, 2.75) is 19.1 Å². The molecule has 54 valence electrons. The lowest BCUT2D eigenvalue weighted by Gasteiger charge is -2.03. The van der Waals surface area contributed by atoms with Crippen LogP contribution in [-0.4, -0.2) is 28.5 Å². The number of carbonyl (C=O) groups excluding carboxylic acids is 1. The van der Waals surface area contributed by atoms with E-state index in [1.807, 2.05) is 6.92 Å². The summed E-state index contributed by atoms with van der Waals surface area (Å²) in [6.07, 6.45) is 0. The number of hydrogen-bond acceptors (Lipinski definition) is 3. The van der Waals surface area contributed by atoms with Crippen LogP contribution >= 0.6 is 11.8 Å². The summed E-state index contributed by atoms with van der Waals surface area (Å²) in [4.78, 5) is 10.4. The van der Waals surface area contributed by atoms with Gasteiger partial charge in [-0.3, -0.25) is 4.79 Å². The second-order valence-electron chi connectivity index (χ2n) is 2.01. The lowest BCUT2D eigenvalue weighted by molar-refractivity contribution is -0.114. The zero-order valence-corrected chi connectivity index (χ0v) is 6.57. The molecule has 0 saturated carbocycles. The molecule has 0 saturated heterocycles. The number of aliphatic hydroxyl groups is 1. The molecule has 0 aromatic rings. The summed E-state index contributed by atoms with van der Waals surface area (Å²) < 4.78 is 0. The second kappa shape index (κ2) is 4.82. The van der Waals surface area contributed by atoms with Crippen LogP contribution < -0.4 is 0 Å². The van der Waals surface area contributed by atoms with Crippen LogP contribution in [0.4, 0.5) is 0 Å². The van der Waals surface area contributed by atoms with Crippen LogP contribution in [-0.2, 0) is 4.79 Å². The van der Waals surface area contributed by atoms with Crippen molar-refractivity contribution < 1.29 is 9.90 Å². The van der Waals surface area contributed by atoms with E-state index in [0.29, 0.717) is 5.75 Å². The molecule has 2 nitrogen and oxygen atoms in total. The quantitative estimate of drug-likeness (QED) is 0.637. The van der Waals surface area contributed by atoms with Gasteiger partial charge in [-0.05, 0) is 6.92 Å². The normalized spacial score (nSPS) is 13.2. The molecule has 0 aromatic carbocycles. The maximum atomic E-state index is 10.4. The third kappa shape index (κ3) is 5.86. The first-order valence-electron chi connectivity index (χ1n) is 2.88. The number of aliphatic hydroxyl groups excluding tert-OH is 1. The highest BCUT2D eigenvalue weighted by molar-refractivity contribution is 8.00. The smallest absolute Gasteiger partial charge is 0.139 e. The molecule has 0 bridgehead atoms. The highest BCUT2D eigenvalue weighted by Crippen LogP contribution is 2.08. The molecule has 9 heavy (non-hydrogen) atoms. The fraction of sp³-hybridized carbons (Fsp3) is 0.833. The van der Waals surface area contributed by atoms with E-state index in [2.05, 4.69) is 0 Å². The summed E-state index contributed by atoms with van der Waals surface area (Å²) in [6, 6.07) is 0. The second-order valence-corrected chi connectivity index (χ2v) is 3.43. The molecule has 0 fully saturated rings. The van der Waals surface area contributed by atoms with Gasteiger partial charge in [0.05, 0.1) is 12.4 Å². The van der Waals surface area contributed by atoms with Crippen LogP contribution in [0.15, 0.2) is 0 Å². The lowest BCUT2D eigenvalue weighted by Crippen LogP contribution is -2.06. The van der Waals surface area contributed by atoms with Gasteiger partial charge in [0, 0.05) is 5.25 Å². The summed E-state index contributed by atoms with van der Waals surface area (Å²) in [5.74, 6) is 0.683. The van der Waals surface area contributed by atoms with Gasteiger partial charge in [0.15, 0.2) is 0 Å². The van der Waals surface area contributed by atoms with Crippen LogP contribution in [0, 0.1) is 0 Å². The molecule has 1 N–H and O–H groups in total. The molecule has 0 rings (SSSR count). The third-order valence-electron chi connectivity index (χ3n) is 0.828. The molecule has 1 unspecified atom stereocenters. The van der Waals surface area contributed by atoms with Crippen molar-refractivity contribution in [1.82, 2.24) is 0 Å². The van der Waals surface area contributed by atoms with Gasteiger partial charge < -0.3 is 5.11 Å². The molecule has 0 amide bonds. The molecular weight excluding hydrogens is 136 g/mol. The Labute approximate surface area is 59.6 Å². The van der Waals surface area contributed by atoms with Crippen molar-refractivity contribution >= 4 is 17.5 Å². The van der Waals surface area contributed by atoms with Gasteiger partial charge in [0.1, 0.15) is 5.78 Å². The SMILES string of the molecule is CC(=O)CSC(C)CO. The minimum atomic E-state index is 0.151.